The number of nitrogens with zero attached hydrogens (tertiary/aromatic N) is 1. The first-order valence-electron chi connectivity index (χ1n) is 5.33. The minimum Gasteiger partial charge on any atom is -0.296 e. The predicted octanol–water partition coefficient (Wildman–Crippen LogP) is 1.44. The lowest BCUT2D eigenvalue weighted by molar-refractivity contribution is -0.281. The molecule has 0 atom stereocenters. The molecule has 0 radical (unpaired) electrons. The van der Waals surface area contributed by atoms with Gasteiger partial charge in [-0.25, -0.2) is 0 Å². The van der Waals surface area contributed by atoms with Gasteiger partial charge in [0.1, 0.15) is 0 Å². The van der Waals surface area contributed by atoms with Crippen LogP contribution in [0.5, 0.6) is 0 Å². The number of carbonyl (C=O) groups excluding carboxylic acids is 3. The molecule has 1 rings (SSSR count). The number of halogens is 6. The summed E-state index contributed by atoms with van der Waals surface area (Å²) in [4.78, 5) is 35.6. The molecule has 5 nitrogen and oxygen atoms in total. The summed E-state index contributed by atoms with van der Waals surface area (Å²) < 4.78 is 77.5. The van der Waals surface area contributed by atoms with Crippen molar-refractivity contribution in [2.75, 3.05) is 0 Å². The second kappa shape index (κ2) is 5.73. The minimum atomic E-state index is -6.32. The molecule has 1 aromatic rings. The lowest BCUT2D eigenvalue weighted by Gasteiger charge is -2.28. The van der Waals surface area contributed by atoms with E-state index in [2.05, 4.69) is 4.98 Å². The van der Waals surface area contributed by atoms with Gasteiger partial charge in [-0.05, 0) is 12.1 Å². The van der Waals surface area contributed by atoms with Crippen LogP contribution in [0.3, 0.4) is 0 Å². The molecule has 22 heavy (non-hydrogen) atoms. The maximum Gasteiger partial charge on any atom is 0.393 e. The Hall–Kier alpha value is -2.46. The van der Waals surface area contributed by atoms with E-state index in [1.807, 2.05) is 0 Å². The van der Waals surface area contributed by atoms with Crippen molar-refractivity contribution in [1.29, 1.82) is 0 Å². The SMILES string of the molecule is O=CC(F)(F)C(F)(F)C(F)(F)C(=O)NC(=O)c1cccnc1. The number of imide groups is 1. The molecule has 1 aromatic heterocycles. The molecule has 0 bridgehead atoms. The smallest absolute Gasteiger partial charge is 0.296 e. The van der Waals surface area contributed by atoms with Gasteiger partial charge in [-0.2, -0.15) is 26.3 Å². The summed E-state index contributed by atoms with van der Waals surface area (Å²) in [5.41, 5.74) is -0.447. The molecule has 11 heteroatoms. The molecule has 120 valence electrons. The molecule has 0 aromatic carbocycles. The van der Waals surface area contributed by atoms with Gasteiger partial charge in [-0.1, -0.05) is 0 Å². The van der Waals surface area contributed by atoms with E-state index in [0.717, 1.165) is 17.6 Å². The molecule has 0 aliphatic carbocycles. The third-order valence-corrected chi connectivity index (χ3v) is 2.40. The zero-order chi connectivity index (χ0) is 17.2. The molecule has 1 heterocycles. The molecule has 0 fully saturated rings. The third kappa shape index (κ3) is 2.92. The average Bonchev–Trinajstić information content (AvgIpc) is 2.47. The largest absolute Gasteiger partial charge is 0.393 e. The summed E-state index contributed by atoms with van der Waals surface area (Å²) in [6.07, 6.45) is 0.294. The average molecular weight is 328 g/mol. The quantitative estimate of drug-likeness (QED) is 0.656. The maximum atomic E-state index is 13.2. The first-order chi connectivity index (χ1) is 9.97. The summed E-state index contributed by atoms with van der Waals surface area (Å²) in [6, 6.07) is 2.18. The monoisotopic (exact) mass is 328 g/mol. The molecular weight excluding hydrogens is 322 g/mol. The maximum absolute atomic E-state index is 13.2. The van der Waals surface area contributed by atoms with Crippen molar-refractivity contribution < 1.29 is 40.7 Å². The molecule has 0 saturated carbocycles. The van der Waals surface area contributed by atoms with Gasteiger partial charge in [-0.3, -0.25) is 24.7 Å². The van der Waals surface area contributed by atoms with Gasteiger partial charge in [0, 0.05) is 12.4 Å². The van der Waals surface area contributed by atoms with Gasteiger partial charge in [0.25, 0.3) is 5.91 Å². The van der Waals surface area contributed by atoms with Crippen molar-refractivity contribution in [1.82, 2.24) is 10.3 Å². The number of rotatable bonds is 5. The summed E-state index contributed by atoms with van der Waals surface area (Å²) >= 11 is 0. The number of alkyl halides is 6. The fourth-order valence-corrected chi connectivity index (χ4v) is 1.18. The van der Waals surface area contributed by atoms with Crippen LogP contribution in [0.1, 0.15) is 10.4 Å². The second-order valence-electron chi connectivity index (χ2n) is 3.91. The van der Waals surface area contributed by atoms with Crippen LogP contribution in [0, 0.1) is 0 Å². The Kier molecular flexibility index (Phi) is 4.58. The van der Waals surface area contributed by atoms with E-state index >= 15 is 0 Å². The number of hydrogen-bond acceptors (Lipinski definition) is 4. The summed E-state index contributed by atoms with van der Waals surface area (Å²) in [5, 5.41) is 0.842. The number of pyridine rings is 1. The summed E-state index contributed by atoms with van der Waals surface area (Å²) in [6.45, 7) is 0. The van der Waals surface area contributed by atoms with Crippen LogP contribution in [0.25, 0.3) is 0 Å². The topological polar surface area (TPSA) is 76.1 Å². The Balaban J connectivity index is 3.01. The van der Waals surface area contributed by atoms with E-state index in [9.17, 15) is 40.7 Å². The van der Waals surface area contributed by atoms with Gasteiger partial charge < -0.3 is 0 Å². The van der Waals surface area contributed by atoms with Crippen molar-refractivity contribution in [2.45, 2.75) is 17.8 Å². The first kappa shape index (κ1) is 17.6. The van der Waals surface area contributed by atoms with E-state index < -0.39 is 41.4 Å². The molecule has 2 amide bonds. The zero-order valence-electron chi connectivity index (χ0n) is 10.3. The van der Waals surface area contributed by atoms with Crippen LogP contribution in [-0.4, -0.2) is 40.9 Å². The van der Waals surface area contributed by atoms with Gasteiger partial charge in [-0.15, -0.1) is 0 Å². The highest BCUT2D eigenvalue weighted by atomic mass is 19.3. The lowest BCUT2D eigenvalue weighted by Crippen LogP contribution is -2.61. The highest BCUT2D eigenvalue weighted by molar-refractivity contribution is 6.06. The Morgan fingerprint density at radius 3 is 2.18 bits per heavy atom. The standard InChI is InChI=1S/C11H6F6N2O3/c12-9(13,5-20)11(16,17)10(14,15)8(22)19-7(21)6-2-1-3-18-4-6/h1-5H,(H,19,21,22). The molecule has 0 aliphatic heterocycles. The van der Waals surface area contributed by atoms with Crippen molar-refractivity contribution in [2.24, 2.45) is 0 Å². The number of aldehydes is 1. The van der Waals surface area contributed by atoms with Crippen LogP contribution in [0.2, 0.25) is 0 Å². The van der Waals surface area contributed by atoms with E-state index in [4.69, 9.17) is 0 Å². The summed E-state index contributed by atoms with van der Waals surface area (Å²) in [5.74, 6) is -22.7. The number of carbonyl (C=O) groups is 3. The molecular formula is C11H6F6N2O3. The van der Waals surface area contributed by atoms with Crippen molar-refractivity contribution >= 4 is 18.1 Å². The molecule has 1 N–H and O–H groups in total. The van der Waals surface area contributed by atoms with Gasteiger partial charge in [0.2, 0.25) is 0 Å². The normalized spacial score (nSPS) is 12.6. The Bertz CT molecular complexity index is 591. The third-order valence-electron chi connectivity index (χ3n) is 2.40. The second-order valence-corrected chi connectivity index (χ2v) is 3.91. The van der Waals surface area contributed by atoms with Crippen molar-refractivity contribution in [3.63, 3.8) is 0 Å². The number of amides is 2. The number of aromatic nitrogens is 1. The van der Waals surface area contributed by atoms with Gasteiger partial charge in [0.05, 0.1) is 5.56 Å². The van der Waals surface area contributed by atoms with Crippen molar-refractivity contribution in [3.8, 4) is 0 Å². The van der Waals surface area contributed by atoms with Crippen LogP contribution >= 0.6 is 0 Å². The highest BCUT2D eigenvalue weighted by Gasteiger charge is 2.75. The number of hydrogen-bond donors (Lipinski definition) is 1. The Morgan fingerprint density at radius 1 is 1.14 bits per heavy atom. The highest BCUT2D eigenvalue weighted by Crippen LogP contribution is 2.44. The Morgan fingerprint density at radius 2 is 1.73 bits per heavy atom. The zero-order valence-corrected chi connectivity index (χ0v) is 10.3. The molecule has 0 spiro atoms. The predicted molar refractivity (Wildman–Crippen MR) is 57.6 cm³/mol. The van der Waals surface area contributed by atoms with E-state index in [1.165, 1.54) is 12.3 Å². The molecule has 0 aliphatic rings. The fraction of sp³-hybridized carbons (Fsp3) is 0.273. The van der Waals surface area contributed by atoms with Gasteiger partial charge >= 0.3 is 23.7 Å². The number of nitrogens with one attached hydrogen (secondary N) is 1. The lowest BCUT2D eigenvalue weighted by atomic mass is 10.0. The van der Waals surface area contributed by atoms with Crippen LogP contribution in [0.4, 0.5) is 26.3 Å². The van der Waals surface area contributed by atoms with Gasteiger partial charge in [0.15, 0.2) is 6.29 Å². The minimum absolute atomic E-state index is 0.447. The fourth-order valence-electron chi connectivity index (χ4n) is 1.18. The van der Waals surface area contributed by atoms with Crippen molar-refractivity contribution in [3.05, 3.63) is 30.1 Å². The Labute approximate surface area is 118 Å². The first-order valence-corrected chi connectivity index (χ1v) is 5.33. The molecule has 0 unspecified atom stereocenters. The van der Waals surface area contributed by atoms with E-state index in [1.54, 1.807) is 0 Å². The van der Waals surface area contributed by atoms with Crippen LogP contribution in [0.15, 0.2) is 24.5 Å². The molecule has 0 saturated heterocycles. The summed E-state index contributed by atoms with van der Waals surface area (Å²) in [7, 11) is 0. The van der Waals surface area contributed by atoms with Crippen LogP contribution < -0.4 is 5.32 Å². The van der Waals surface area contributed by atoms with E-state index in [0.29, 0.717) is 0 Å². The van der Waals surface area contributed by atoms with Crippen LogP contribution in [-0.2, 0) is 9.59 Å². The van der Waals surface area contributed by atoms with E-state index in [-0.39, 0.29) is 0 Å².